The second kappa shape index (κ2) is 12.6. The lowest BCUT2D eigenvalue weighted by Crippen LogP contribution is -2.63. The van der Waals surface area contributed by atoms with Crippen molar-refractivity contribution in [3.63, 3.8) is 0 Å². The largest absolute Gasteiger partial charge is 0.460 e. The molecule has 0 amide bonds. The van der Waals surface area contributed by atoms with E-state index >= 15 is 0 Å². The molecule has 272 valence electrons. The Labute approximate surface area is 260 Å². The molecule has 0 bridgehead atoms. The summed E-state index contributed by atoms with van der Waals surface area (Å²) in [5.41, 5.74) is -2.73. The van der Waals surface area contributed by atoms with E-state index in [0.717, 1.165) is 6.07 Å². The van der Waals surface area contributed by atoms with Gasteiger partial charge in [-0.15, -0.1) is 0 Å². The number of rotatable bonds is 13. The van der Waals surface area contributed by atoms with Crippen molar-refractivity contribution in [3.05, 3.63) is 70.7 Å². The summed E-state index contributed by atoms with van der Waals surface area (Å²) >= 11 is 5.53. The number of hydrogen-bond donors (Lipinski definition) is 0. The zero-order valence-corrected chi connectivity index (χ0v) is 24.2. The third-order valence-electron chi connectivity index (χ3n) is 5.54. The molecule has 0 atom stereocenters. The van der Waals surface area contributed by atoms with Gasteiger partial charge < -0.3 is 8.37 Å². The third kappa shape index (κ3) is 6.67. The van der Waals surface area contributed by atoms with Gasteiger partial charge >= 0.3 is 67.0 Å². The Morgan fingerprint density at radius 2 is 0.896 bits per heavy atom. The van der Waals surface area contributed by atoms with E-state index in [9.17, 15) is 91.5 Å². The van der Waals surface area contributed by atoms with Gasteiger partial charge in [0.1, 0.15) is 0 Å². The highest BCUT2D eigenvalue weighted by Crippen LogP contribution is 2.56. The number of halogens is 18. The van der Waals surface area contributed by atoms with E-state index in [1.807, 2.05) is 0 Å². The molecule has 0 heterocycles. The van der Waals surface area contributed by atoms with Crippen LogP contribution in [0.5, 0.6) is 0 Å². The first kappa shape index (κ1) is 41.0. The van der Waals surface area contributed by atoms with Gasteiger partial charge in [-0.25, -0.2) is 8.78 Å². The van der Waals surface area contributed by atoms with Crippen molar-refractivity contribution >= 4 is 43.4 Å². The Morgan fingerprint density at radius 3 is 1.25 bits per heavy atom. The van der Waals surface area contributed by atoms with Crippen LogP contribution in [0, 0.1) is 0 Å². The highest BCUT2D eigenvalue weighted by molar-refractivity contribution is 7.88. The van der Waals surface area contributed by atoms with E-state index in [2.05, 4.69) is 8.37 Å². The molecular weight excluding hydrogens is 783 g/mol. The maximum absolute atomic E-state index is 14.5. The summed E-state index contributed by atoms with van der Waals surface area (Å²) < 4.78 is 287. The summed E-state index contributed by atoms with van der Waals surface area (Å²) in [5.74, 6) is -35.7. The summed E-state index contributed by atoms with van der Waals surface area (Å²) in [5, 5.41) is -15.6. The number of hydrogen-bond acceptors (Lipinski definition) is 6. The van der Waals surface area contributed by atoms with Gasteiger partial charge in [0.15, 0.2) is 11.5 Å². The lowest BCUT2D eigenvalue weighted by atomic mass is 10.1. The zero-order chi connectivity index (χ0) is 37.7. The van der Waals surface area contributed by atoms with Crippen LogP contribution in [0.4, 0.5) is 74.6 Å². The second-order valence-electron chi connectivity index (χ2n) is 8.78. The maximum Gasteiger partial charge on any atom is 0.460 e. The Bertz CT molecular complexity index is 1730. The van der Waals surface area contributed by atoms with Gasteiger partial charge in [0.05, 0.1) is 0 Å². The van der Waals surface area contributed by atoms with Crippen molar-refractivity contribution in [3.8, 4) is 0 Å². The van der Waals surface area contributed by atoms with Crippen molar-refractivity contribution in [2.24, 2.45) is 0 Å². The molecule has 26 heteroatoms. The van der Waals surface area contributed by atoms with E-state index in [1.54, 1.807) is 0 Å². The van der Waals surface area contributed by atoms with Crippen LogP contribution in [-0.2, 0) is 28.6 Å². The molecule has 0 N–H and O–H groups in total. The average Bonchev–Trinajstić information content (AvgIpc) is 2.94. The van der Waals surface area contributed by atoms with Gasteiger partial charge in [0.2, 0.25) is 0 Å². The molecule has 2 aromatic rings. The highest BCUT2D eigenvalue weighted by atomic mass is 35.5. The minimum absolute atomic E-state index is 0.292. The SMILES string of the molecule is O=S(=O)(O/C(=C(/OS(=O)(=O)C(F)(F)C(F)(F)C(F)(F)C(F)(F)F)c1ccccc1)c1ccc(Cl)cc1)C(F)(F)C(F)(F)C(F)(F)C(F)F. The van der Waals surface area contributed by atoms with Crippen LogP contribution in [0.25, 0.3) is 11.5 Å². The topological polar surface area (TPSA) is 86.7 Å². The smallest absolute Gasteiger partial charge is 0.373 e. The minimum atomic E-state index is -8.10. The number of alkyl halides is 17. The molecule has 2 aromatic carbocycles. The normalized spacial score (nSPS) is 15.3. The summed E-state index contributed by atoms with van der Waals surface area (Å²) in [7, 11) is -16.1. The summed E-state index contributed by atoms with van der Waals surface area (Å²) in [6, 6.07) is 4.67. The van der Waals surface area contributed by atoms with E-state index in [1.165, 1.54) is 0 Å². The Balaban J connectivity index is 3.03. The van der Waals surface area contributed by atoms with Crippen LogP contribution >= 0.6 is 11.6 Å². The lowest BCUT2D eigenvalue weighted by molar-refractivity contribution is -0.382. The van der Waals surface area contributed by atoms with Crippen molar-refractivity contribution < 1.29 is 99.8 Å². The number of benzene rings is 2. The fourth-order valence-corrected chi connectivity index (χ4v) is 4.96. The quantitative estimate of drug-likeness (QED) is 0.0877. The molecule has 0 aliphatic carbocycles. The molecule has 0 aromatic heterocycles. The molecule has 0 aliphatic heterocycles. The Kier molecular flexibility index (Phi) is 10.7. The summed E-state index contributed by atoms with van der Waals surface area (Å²) in [6.45, 7) is 0. The van der Waals surface area contributed by atoms with Crippen LogP contribution in [0.3, 0.4) is 0 Å². The van der Waals surface area contributed by atoms with Gasteiger partial charge in [-0.2, -0.15) is 82.7 Å². The standard InChI is InChI=1S/C22H10ClF17O6S2/c23-12-8-6-11(7-9-12)14(46-47(41,42)21(37,38)17(28,29)16(26,27)15(24)25)13(10-4-2-1-3-5-10)45-48(43,44)22(39,40)19(32,33)18(30,31)20(34,35)36/h1-9,15H/b14-13+. The van der Waals surface area contributed by atoms with E-state index < -0.39 is 94.7 Å². The fourth-order valence-electron chi connectivity index (χ4n) is 2.95. The van der Waals surface area contributed by atoms with Crippen LogP contribution in [-0.4, -0.2) is 63.6 Å². The molecule has 6 nitrogen and oxygen atoms in total. The maximum atomic E-state index is 14.5. The minimum Gasteiger partial charge on any atom is -0.373 e. The molecule has 0 unspecified atom stereocenters. The zero-order valence-electron chi connectivity index (χ0n) is 21.8. The molecule has 0 saturated heterocycles. The summed E-state index contributed by atoms with van der Waals surface area (Å²) in [6.07, 6.45) is -13.3. The van der Waals surface area contributed by atoms with E-state index in [0.29, 0.717) is 48.5 Å². The Hall–Kier alpha value is -3.22. The molecule has 2 rings (SSSR count). The summed E-state index contributed by atoms with van der Waals surface area (Å²) in [4.78, 5) is 0. The van der Waals surface area contributed by atoms with Crippen LogP contribution in [0.1, 0.15) is 11.1 Å². The molecular formula is C22H10ClF17O6S2. The van der Waals surface area contributed by atoms with Crippen molar-refractivity contribution in [2.75, 3.05) is 0 Å². The van der Waals surface area contributed by atoms with Gasteiger partial charge in [0.25, 0.3) is 0 Å². The van der Waals surface area contributed by atoms with Gasteiger partial charge in [-0.1, -0.05) is 41.9 Å². The molecule has 0 aliphatic rings. The van der Waals surface area contributed by atoms with Gasteiger partial charge in [-0.3, -0.25) is 0 Å². The average molecular weight is 793 g/mol. The lowest BCUT2D eigenvalue weighted by Gasteiger charge is -2.33. The van der Waals surface area contributed by atoms with Crippen molar-refractivity contribution in [1.29, 1.82) is 0 Å². The molecule has 0 spiro atoms. The molecule has 0 fully saturated rings. The first-order valence-corrected chi connectivity index (χ1v) is 14.5. The van der Waals surface area contributed by atoms with Crippen molar-refractivity contribution in [1.82, 2.24) is 0 Å². The molecule has 48 heavy (non-hydrogen) atoms. The highest BCUT2D eigenvalue weighted by Gasteiger charge is 2.86. The predicted molar refractivity (Wildman–Crippen MR) is 126 cm³/mol. The predicted octanol–water partition coefficient (Wildman–Crippen LogP) is 8.41. The first-order valence-electron chi connectivity index (χ1n) is 11.3. The first-order chi connectivity index (χ1) is 21.2. The fraction of sp³-hybridized carbons (Fsp3) is 0.364. The monoisotopic (exact) mass is 792 g/mol. The van der Waals surface area contributed by atoms with E-state index in [-0.39, 0.29) is 0 Å². The molecule has 0 saturated carbocycles. The molecule has 0 radical (unpaired) electrons. The van der Waals surface area contributed by atoms with Gasteiger partial charge in [-0.05, 0) is 24.3 Å². The van der Waals surface area contributed by atoms with Crippen LogP contribution in [0.2, 0.25) is 5.02 Å². The van der Waals surface area contributed by atoms with E-state index in [4.69, 9.17) is 11.6 Å². The van der Waals surface area contributed by atoms with Gasteiger partial charge in [0, 0.05) is 16.1 Å². The van der Waals surface area contributed by atoms with Crippen LogP contribution < -0.4 is 0 Å². The third-order valence-corrected chi connectivity index (χ3v) is 8.33. The Morgan fingerprint density at radius 1 is 0.542 bits per heavy atom. The van der Waals surface area contributed by atoms with Crippen molar-refractivity contribution in [2.45, 2.75) is 46.8 Å². The second-order valence-corrected chi connectivity index (χ2v) is 12.4. The van der Waals surface area contributed by atoms with Crippen LogP contribution in [0.15, 0.2) is 54.6 Å².